The van der Waals surface area contributed by atoms with E-state index in [1.54, 1.807) is 13.8 Å². The van der Waals surface area contributed by atoms with Crippen LogP contribution in [0.25, 0.3) is 0 Å². The summed E-state index contributed by atoms with van der Waals surface area (Å²) in [5, 5.41) is 14.0. The predicted octanol–water partition coefficient (Wildman–Crippen LogP) is 2.75. The van der Waals surface area contributed by atoms with Gasteiger partial charge in [0.25, 0.3) is 0 Å². The molecule has 2 rings (SSSR count). The fourth-order valence-corrected chi connectivity index (χ4v) is 2.09. The maximum atomic E-state index is 10.1. The van der Waals surface area contributed by atoms with Gasteiger partial charge < -0.3 is 19.9 Å². The number of fused-ring (bicyclic) bond motifs is 1. The molecule has 0 saturated heterocycles. The highest BCUT2D eigenvalue weighted by molar-refractivity contribution is 6.32. The topological polar surface area (TPSA) is 50.7 Å². The number of hydrogen-bond acceptors (Lipinski definition) is 4. The summed E-state index contributed by atoms with van der Waals surface area (Å²) in [5.41, 5.74) is -0.256. The van der Waals surface area contributed by atoms with Gasteiger partial charge in [-0.1, -0.05) is 11.6 Å². The van der Waals surface area contributed by atoms with E-state index in [1.807, 2.05) is 26.0 Å². The summed E-state index contributed by atoms with van der Waals surface area (Å²) in [5.74, 6) is 1.30. The summed E-state index contributed by atoms with van der Waals surface area (Å²) in [6.07, 6.45) is 0. The van der Waals surface area contributed by atoms with E-state index in [0.29, 0.717) is 36.3 Å². The first-order valence-corrected chi connectivity index (χ1v) is 7.14. The lowest BCUT2D eigenvalue weighted by Gasteiger charge is -2.38. The van der Waals surface area contributed by atoms with Crippen LogP contribution in [0, 0.1) is 0 Å². The van der Waals surface area contributed by atoms with Crippen LogP contribution in [0.2, 0.25) is 5.02 Å². The summed E-state index contributed by atoms with van der Waals surface area (Å²) in [4.78, 5) is 0. The van der Waals surface area contributed by atoms with Crippen LogP contribution in [0.15, 0.2) is 12.1 Å². The minimum Gasteiger partial charge on any atom is -0.486 e. The Hall–Kier alpha value is -0.970. The second-order valence-electron chi connectivity index (χ2n) is 6.14. The van der Waals surface area contributed by atoms with Gasteiger partial charge in [-0.05, 0) is 45.4 Å². The number of ether oxygens (including phenoxy) is 2. The van der Waals surface area contributed by atoms with Crippen molar-refractivity contribution in [3.05, 3.63) is 22.7 Å². The van der Waals surface area contributed by atoms with Crippen molar-refractivity contribution in [3.8, 4) is 11.5 Å². The van der Waals surface area contributed by atoms with Crippen LogP contribution < -0.4 is 14.8 Å². The molecule has 0 unspecified atom stereocenters. The molecule has 0 saturated carbocycles. The molecule has 5 heteroatoms. The number of nitrogens with one attached hydrogen (secondary N) is 1. The van der Waals surface area contributed by atoms with Crippen molar-refractivity contribution in [2.75, 3.05) is 13.2 Å². The van der Waals surface area contributed by atoms with Crippen LogP contribution in [0.1, 0.15) is 33.3 Å². The zero-order valence-electron chi connectivity index (χ0n) is 12.4. The van der Waals surface area contributed by atoms with Crippen molar-refractivity contribution in [2.45, 2.75) is 45.4 Å². The van der Waals surface area contributed by atoms with E-state index in [0.717, 1.165) is 5.56 Å². The first-order valence-electron chi connectivity index (χ1n) is 6.76. The second kappa shape index (κ2) is 5.43. The van der Waals surface area contributed by atoms with Crippen molar-refractivity contribution < 1.29 is 14.6 Å². The van der Waals surface area contributed by atoms with Gasteiger partial charge in [0.1, 0.15) is 13.2 Å². The number of hydrogen-bond donors (Lipinski definition) is 2. The molecule has 0 spiro atoms. The van der Waals surface area contributed by atoms with Crippen molar-refractivity contribution in [2.24, 2.45) is 0 Å². The highest BCUT2D eigenvalue weighted by atomic mass is 35.5. The van der Waals surface area contributed by atoms with Gasteiger partial charge in [-0.3, -0.25) is 0 Å². The van der Waals surface area contributed by atoms with E-state index in [1.165, 1.54) is 0 Å². The van der Waals surface area contributed by atoms with E-state index in [2.05, 4.69) is 5.32 Å². The average molecular weight is 300 g/mol. The van der Waals surface area contributed by atoms with Crippen LogP contribution in [-0.4, -0.2) is 29.5 Å². The van der Waals surface area contributed by atoms with Crippen LogP contribution in [0.3, 0.4) is 0 Å². The molecule has 0 amide bonds. The molecule has 20 heavy (non-hydrogen) atoms. The standard InChI is InChI=1S/C15H22ClNO3/c1-14(2,15(3,4)18)17-9-10-7-11(16)13-12(8-10)19-5-6-20-13/h7-8,17-18H,5-6,9H2,1-4H3. The summed E-state index contributed by atoms with van der Waals surface area (Å²) in [6, 6.07) is 3.79. The molecule has 1 heterocycles. The fourth-order valence-electron chi connectivity index (χ4n) is 1.81. The molecule has 1 aliphatic rings. The lowest BCUT2D eigenvalue weighted by Crippen LogP contribution is -2.55. The molecule has 1 aromatic rings. The van der Waals surface area contributed by atoms with Gasteiger partial charge in [-0.15, -0.1) is 0 Å². The molecule has 0 atom stereocenters. The summed E-state index contributed by atoms with van der Waals surface area (Å²) in [6.45, 7) is 9.16. The SMILES string of the molecule is CC(C)(O)C(C)(C)NCc1cc(Cl)c2c(c1)OCCO2. The number of aliphatic hydroxyl groups is 1. The minimum atomic E-state index is -0.829. The van der Waals surface area contributed by atoms with Gasteiger partial charge in [0.15, 0.2) is 11.5 Å². The van der Waals surface area contributed by atoms with Gasteiger partial charge in [0, 0.05) is 12.1 Å². The van der Waals surface area contributed by atoms with Crippen molar-refractivity contribution in [3.63, 3.8) is 0 Å². The van der Waals surface area contributed by atoms with E-state index < -0.39 is 11.1 Å². The molecule has 0 aromatic heterocycles. The van der Waals surface area contributed by atoms with E-state index >= 15 is 0 Å². The second-order valence-corrected chi connectivity index (χ2v) is 6.55. The molecule has 2 N–H and O–H groups in total. The molecule has 0 aliphatic carbocycles. The molecule has 1 aliphatic heterocycles. The molecule has 112 valence electrons. The first kappa shape index (κ1) is 15.4. The Balaban J connectivity index is 2.13. The molecule has 0 radical (unpaired) electrons. The summed E-state index contributed by atoms with van der Waals surface area (Å²) >= 11 is 6.21. The van der Waals surface area contributed by atoms with Crippen LogP contribution in [0.4, 0.5) is 0 Å². The van der Waals surface area contributed by atoms with Gasteiger partial charge in [-0.2, -0.15) is 0 Å². The van der Waals surface area contributed by atoms with Gasteiger partial charge in [0.05, 0.1) is 10.6 Å². The molecular formula is C15H22ClNO3. The minimum absolute atomic E-state index is 0.424. The third-order valence-corrected chi connectivity index (χ3v) is 4.20. The highest BCUT2D eigenvalue weighted by Gasteiger charge is 2.34. The Morgan fingerprint density at radius 2 is 1.85 bits per heavy atom. The number of benzene rings is 1. The maximum Gasteiger partial charge on any atom is 0.179 e. The van der Waals surface area contributed by atoms with Crippen molar-refractivity contribution in [1.29, 1.82) is 0 Å². The van der Waals surface area contributed by atoms with Crippen LogP contribution >= 0.6 is 11.6 Å². The Kier molecular flexibility index (Phi) is 4.19. The number of rotatable bonds is 4. The van der Waals surface area contributed by atoms with Gasteiger partial charge >= 0.3 is 0 Å². The monoisotopic (exact) mass is 299 g/mol. The quantitative estimate of drug-likeness (QED) is 0.897. The summed E-state index contributed by atoms with van der Waals surface area (Å²) in [7, 11) is 0. The third-order valence-electron chi connectivity index (χ3n) is 3.92. The lowest BCUT2D eigenvalue weighted by molar-refractivity contribution is -0.00532. The molecule has 0 bridgehead atoms. The van der Waals surface area contributed by atoms with E-state index in [9.17, 15) is 5.11 Å². The van der Waals surface area contributed by atoms with Crippen molar-refractivity contribution >= 4 is 11.6 Å². The fraction of sp³-hybridized carbons (Fsp3) is 0.600. The Labute approximate surface area is 125 Å². The maximum absolute atomic E-state index is 10.1. The molecule has 0 fully saturated rings. The van der Waals surface area contributed by atoms with E-state index in [-0.39, 0.29) is 0 Å². The number of halogens is 1. The highest BCUT2D eigenvalue weighted by Crippen LogP contribution is 2.38. The Morgan fingerprint density at radius 1 is 1.20 bits per heavy atom. The van der Waals surface area contributed by atoms with Crippen molar-refractivity contribution in [1.82, 2.24) is 5.32 Å². The smallest absolute Gasteiger partial charge is 0.179 e. The summed E-state index contributed by atoms with van der Waals surface area (Å²) < 4.78 is 11.0. The third kappa shape index (κ3) is 3.19. The van der Waals surface area contributed by atoms with Gasteiger partial charge in [-0.25, -0.2) is 0 Å². The zero-order valence-corrected chi connectivity index (χ0v) is 13.2. The average Bonchev–Trinajstić information content (AvgIpc) is 2.35. The molecule has 1 aromatic carbocycles. The zero-order chi connectivity index (χ0) is 15.0. The lowest BCUT2D eigenvalue weighted by atomic mass is 9.86. The molecular weight excluding hydrogens is 278 g/mol. The van der Waals surface area contributed by atoms with Gasteiger partial charge in [0.2, 0.25) is 0 Å². The van der Waals surface area contributed by atoms with Crippen LogP contribution in [0.5, 0.6) is 11.5 Å². The largest absolute Gasteiger partial charge is 0.486 e. The Bertz CT molecular complexity index is 495. The predicted molar refractivity (Wildman–Crippen MR) is 79.7 cm³/mol. The first-order chi connectivity index (χ1) is 9.21. The molecule has 4 nitrogen and oxygen atoms in total. The Morgan fingerprint density at radius 3 is 2.50 bits per heavy atom. The van der Waals surface area contributed by atoms with Crippen LogP contribution in [-0.2, 0) is 6.54 Å². The normalized spacial score (nSPS) is 15.3. The van der Waals surface area contributed by atoms with E-state index in [4.69, 9.17) is 21.1 Å².